The first kappa shape index (κ1) is 13.9. The minimum atomic E-state index is 0.207. The lowest BCUT2D eigenvalue weighted by atomic mass is 9.96. The fourth-order valence-corrected chi connectivity index (χ4v) is 3.04. The molecule has 1 aromatic heterocycles. The third-order valence-corrected chi connectivity index (χ3v) is 4.18. The molecule has 110 valence electrons. The second-order valence-electron chi connectivity index (χ2n) is 5.80. The molecule has 0 fully saturated rings. The van der Waals surface area contributed by atoms with Crippen molar-refractivity contribution in [3.05, 3.63) is 47.8 Å². The quantitative estimate of drug-likeness (QED) is 0.868. The van der Waals surface area contributed by atoms with Crippen LogP contribution in [0.1, 0.15) is 30.9 Å². The zero-order valence-electron chi connectivity index (χ0n) is 12.6. The fourth-order valence-electron chi connectivity index (χ4n) is 3.04. The molecule has 0 spiro atoms. The summed E-state index contributed by atoms with van der Waals surface area (Å²) < 4.78 is 1.78. The molecule has 0 unspecified atom stereocenters. The Balaban J connectivity index is 1.74. The lowest BCUT2D eigenvalue weighted by Gasteiger charge is -2.35. The molecule has 0 saturated heterocycles. The van der Waals surface area contributed by atoms with Crippen molar-refractivity contribution >= 4 is 11.6 Å². The molecular formula is C17H21N3O. The Bertz CT molecular complexity index is 647. The van der Waals surface area contributed by atoms with Gasteiger partial charge in [0, 0.05) is 31.4 Å². The van der Waals surface area contributed by atoms with Crippen molar-refractivity contribution in [2.24, 2.45) is 7.05 Å². The number of hydrogen-bond acceptors (Lipinski definition) is 2. The van der Waals surface area contributed by atoms with Crippen LogP contribution in [-0.2, 0) is 24.7 Å². The number of hydrogen-bond donors (Lipinski definition) is 0. The molecule has 4 nitrogen and oxygen atoms in total. The van der Waals surface area contributed by atoms with Crippen LogP contribution in [0, 0.1) is 0 Å². The summed E-state index contributed by atoms with van der Waals surface area (Å²) in [6.07, 6.45) is 7.18. The van der Waals surface area contributed by atoms with E-state index in [1.54, 1.807) is 4.68 Å². The first-order chi connectivity index (χ1) is 10.1. The van der Waals surface area contributed by atoms with Gasteiger partial charge in [0.1, 0.15) is 0 Å². The standard InChI is InChI=1S/C17H21N3O/c1-13-7-9-15-5-3-4-6-16(15)20(13)17(21)10-8-14-11-18-19(2)12-14/h3-6,11-13H,7-10H2,1-2H3/t13-/m0/s1. The van der Waals surface area contributed by atoms with Crippen LogP contribution in [0.5, 0.6) is 0 Å². The van der Waals surface area contributed by atoms with Crippen molar-refractivity contribution in [2.75, 3.05) is 4.90 Å². The zero-order chi connectivity index (χ0) is 14.8. The Labute approximate surface area is 125 Å². The molecular weight excluding hydrogens is 262 g/mol. The average Bonchev–Trinajstić information content (AvgIpc) is 2.90. The molecule has 0 saturated carbocycles. The molecule has 2 heterocycles. The van der Waals surface area contributed by atoms with E-state index in [9.17, 15) is 4.79 Å². The summed E-state index contributed by atoms with van der Waals surface area (Å²) in [5, 5.41) is 4.15. The highest BCUT2D eigenvalue weighted by atomic mass is 16.2. The number of rotatable bonds is 3. The van der Waals surface area contributed by atoms with Crippen molar-refractivity contribution in [1.82, 2.24) is 9.78 Å². The van der Waals surface area contributed by atoms with Crippen molar-refractivity contribution in [3.63, 3.8) is 0 Å². The van der Waals surface area contributed by atoms with E-state index in [-0.39, 0.29) is 11.9 Å². The second-order valence-corrected chi connectivity index (χ2v) is 5.80. The maximum Gasteiger partial charge on any atom is 0.227 e. The van der Waals surface area contributed by atoms with Crippen molar-refractivity contribution in [3.8, 4) is 0 Å². The monoisotopic (exact) mass is 283 g/mol. The van der Waals surface area contributed by atoms with Gasteiger partial charge in [0.2, 0.25) is 5.91 Å². The Morgan fingerprint density at radius 3 is 2.95 bits per heavy atom. The van der Waals surface area contributed by atoms with Crippen LogP contribution in [0.2, 0.25) is 0 Å². The molecule has 1 aliphatic rings. The van der Waals surface area contributed by atoms with Crippen LogP contribution >= 0.6 is 0 Å². The van der Waals surface area contributed by atoms with E-state index in [4.69, 9.17) is 0 Å². The number of nitrogens with zero attached hydrogens (tertiary/aromatic N) is 3. The van der Waals surface area contributed by atoms with Gasteiger partial charge in [-0.2, -0.15) is 5.10 Å². The number of carbonyl (C=O) groups is 1. The molecule has 0 aliphatic carbocycles. The number of benzene rings is 1. The van der Waals surface area contributed by atoms with E-state index in [0.29, 0.717) is 6.42 Å². The van der Waals surface area contributed by atoms with Gasteiger partial charge in [-0.3, -0.25) is 9.48 Å². The number of fused-ring (bicyclic) bond motifs is 1. The number of anilines is 1. The topological polar surface area (TPSA) is 38.1 Å². The number of aryl methyl sites for hydroxylation is 3. The van der Waals surface area contributed by atoms with Crippen LogP contribution in [0.4, 0.5) is 5.69 Å². The van der Waals surface area contributed by atoms with Gasteiger partial charge < -0.3 is 4.90 Å². The SMILES string of the molecule is C[C@H]1CCc2ccccc2N1C(=O)CCc1cnn(C)c1. The second kappa shape index (κ2) is 5.72. The van der Waals surface area contributed by atoms with Gasteiger partial charge in [0.25, 0.3) is 0 Å². The Hall–Kier alpha value is -2.10. The molecule has 2 aromatic rings. The van der Waals surface area contributed by atoms with Gasteiger partial charge in [0.05, 0.1) is 6.20 Å². The number of amides is 1. The Morgan fingerprint density at radius 2 is 2.19 bits per heavy atom. The summed E-state index contributed by atoms with van der Waals surface area (Å²) in [5.41, 5.74) is 3.49. The first-order valence-electron chi connectivity index (χ1n) is 7.52. The van der Waals surface area contributed by atoms with E-state index >= 15 is 0 Å². The Morgan fingerprint density at radius 1 is 1.38 bits per heavy atom. The third-order valence-electron chi connectivity index (χ3n) is 4.18. The molecule has 21 heavy (non-hydrogen) atoms. The molecule has 0 bridgehead atoms. The van der Waals surface area contributed by atoms with Crippen LogP contribution in [0.3, 0.4) is 0 Å². The fraction of sp³-hybridized carbons (Fsp3) is 0.412. The molecule has 3 rings (SSSR count). The molecule has 1 aliphatic heterocycles. The largest absolute Gasteiger partial charge is 0.309 e. The van der Waals surface area contributed by atoms with Gasteiger partial charge in [-0.25, -0.2) is 0 Å². The Kier molecular flexibility index (Phi) is 3.78. The minimum absolute atomic E-state index is 0.207. The summed E-state index contributed by atoms with van der Waals surface area (Å²) in [5.74, 6) is 0.207. The third kappa shape index (κ3) is 2.84. The summed E-state index contributed by atoms with van der Waals surface area (Å²) in [7, 11) is 1.90. The molecule has 4 heteroatoms. The lowest BCUT2D eigenvalue weighted by Crippen LogP contribution is -2.42. The van der Waals surface area contributed by atoms with Gasteiger partial charge in [-0.15, -0.1) is 0 Å². The van der Waals surface area contributed by atoms with Crippen LogP contribution in [-0.4, -0.2) is 21.7 Å². The molecule has 0 radical (unpaired) electrons. The molecule has 1 amide bonds. The average molecular weight is 283 g/mol. The number of aromatic nitrogens is 2. The molecule has 0 N–H and O–H groups in total. The predicted molar refractivity (Wildman–Crippen MR) is 83.2 cm³/mol. The van der Waals surface area contributed by atoms with Gasteiger partial charge in [0.15, 0.2) is 0 Å². The van der Waals surface area contributed by atoms with Crippen LogP contribution in [0.15, 0.2) is 36.7 Å². The van der Waals surface area contributed by atoms with Crippen LogP contribution < -0.4 is 4.90 Å². The lowest BCUT2D eigenvalue weighted by molar-refractivity contribution is -0.119. The van der Waals surface area contributed by atoms with E-state index in [2.05, 4.69) is 24.2 Å². The highest BCUT2D eigenvalue weighted by molar-refractivity contribution is 5.95. The highest BCUT2D eigenvalue weighted by Gasteiger charge is 2.27. The summed E-state index contributed by atoms with van der Waals surface area (Å²) in [4.78, 5) is 14.6. The predicted octanol–water partition coefficient (Wildman–Crippen LogP) is 2.72. The van der Waals surface area contributed by atoms with Crippen LogP contribution in [0.25, 0.3) is 0 Å². The van der Waals surface area contributed by atoms with Gasteiger partial charge in [-0.1, -0.05) is 18.2 Å². The van der Waals surface area contributed by atoms with Gasteiger partial charge in [-0.05, 0) is 43.4 Å². The van der Waals surface area contributed by atoms with E-state index in [1.807, 2.05) is 36.5 Å². The maximum atomic E-state index is 12.7. The molecule has 1 aromatic carbocycles. The van der Waals surface area contributed by atoms with Crippen molar-refractivity contribution in [2.45, 2.75) is 38.6 Å². The first-order valence-corrected chi connectivity index (χ1v) is 7.52. The highest BCUT2D eigenvalue weighted by Crippen LogP contribution is 2.31. The maximum absolute atomic E-state index is 12.7. The normalized spacial score (nSPS) is 17.6. The number of para-hydroxylation sites is 1. The summed E-state index contributed by atoms with van der Waals surface area (Å²) >= 11 is 0. The minimum Gasteiger partial charge on any atom is -0.309 e. The summed E-state index contributed by atoms with van der Waals surface area (Å²) in [6, 6.07) is 8.53. The number of carbonyl (C=O) groups excluding carboxylic acids is 1. The summed E-state index contributed by atoms with van der Waals surface area (Å²) in [6.45, 7) is 2.14. The van der Waals surface area contributed by atoms with E-state index in [0.717, 1.165) is 30.5 Å². The van der Waals surface area contributed by atoms with Crippen molar-refractivity contribution < 1.29 is 4.79 Å². The smallest absolute Gasteiger partial charge is 0.227 e. The zero-order valence-corrected chi connectivity index (χ0v) is 12.6. The molecule has 1 atom stereocenters. The van der Waals surface area contributed by atoms with Gasteiger partial charge >= 0.3 is 0 Å². The van der Waals surface area contributed by atoms with Crippen molar-refractivity contribution in [1.29, 1.82) is 0 Å². The van der Waals surface area contributed by atoms with E-state index in [1.165, 1.54) is 5.56 Å². The van der Waals surface area contributed by atoms with E-state index < -0.39 is 0 Å².